The van der Waals surface area contributed by atoms with E-state index in [2.05, 4.69) is 43.1 Å². The summed E-state index contributed by atoms with van der Waals surface area (Å²) in [5, 5.41) is 3.16. The Morgan fingerprint density at radius 3 is 2.38 bits per heavy atom. The quantitative estimate of drug-likeness (QED) is 0.833. The molecule has 0 unspecified atom stereocenters. The summed E-state index contributed by atoms with van der Waals surface area (Å²) in [5.74, 6) is 0.852. The zero-order valence-corrected chi connectivity index (χ0v) is 15.5. The lowest BCUT2D eigenvalue weighted by Crippen LogP contribution is -2.45. The SMILES string of the molecule is CO[C@@H](CN1CCC(C(=O)N[C@H](C)C(C)C)CC1)c1ccccc1. The number of amides is 1. The van der Waals surface area contributed by atoms with Crippen LogP contribution in [0.3, 0.4) is 0 Å². The standard InChI is InChI=1S/C20H32N2O2/c1-15(2)16(3)21-20(23)18-10-12-22(13-11-18)14-19(24-4)17-8-6-5-7-9-17/h5-9,15-16,18-19H,10-14H2,1-4H3,(H,21,23)/t16-,19+/m1/s1. The highest BCUT2D eigenvalue weighted by Gasteiger charge is 2.27. The van der Waals surface area contributed by atoms with Gasteiger partial charge in [-0.1, -0.05) is 44.2 Å². The van der Waals surface area contributed by atoms with Crippen LogP contribution in [0.2, 0.25) is 0 Å². The van der Waals surface area contributed by atoms with Crippen LogP contribution in [0.1, 0.15) is 45.3 Å². The maximum atomic E-state index is 12.4. The molecule has 1 aromatic carbocycles. The van der Waals surface area contributed by atoms with Crippen molar-refractivity contribution in [3.63, 3.8) is 0 Å². The molecule has 4 heteroatoms. The van der Waals surface area contributed by atoms with Gasteiger partial charge < -0.3 is 15.0 Å². The lowest BCUT2D eigenvalue weighted by molar-refractivity contribution is -0.127. The largest absolute Gasteiger partial charge is 0.375 e. The molecule has 1 aliphatic heterocycles. The summed E-state index contributed by atoms with van der Waals surface area (Å²) in [5.41, 5.74) is 1.21. The number of methoxy groups -OCH3 is 1. The van der Waals surface area contributed by atoms with E-state index >= 15 is 0 Å². The van der Waals surface area contributed by atoms with Gasteiger partial charge in [0.05, 0.1) is 6.10 Å². The minimum absolute atomic E-state index is 0.0949. The molecule has 1 aromatic rings. The molecule has 0 radical (unpaired) electrons. The fourth-order valence-corrected chi connectivity index (χ4v) is 3.10. The number of nitrogens with one attached hydrogen (secondary N) is 1. The Labute approximate surface area is 146 Å². The van der Waals surface area contributed by atoms with Crippen LogP contribution in [0.25, 0.3) is 0 Å². The van der Waals surface area contributed by atoms with Gasteiger partial charge in [0.2, 0.25) is 5.91 Å². The maximum absolute atomic E-state index is 12.4. The van der Waals surface area contributed by atoms with Crippen molar-refractivity contribution >= 4 is 5.91 Å². The molecule has 1 amide bonds. The van der Waals surface area contributed by atoms with E-state index in [-0.39, 0.29) is 24.0 Å². The van der Waals surface area contributed by atoms with E-state index < -0.39 is 0 Å². The van der Waals surface area contributed by atoms with Gasteiger partial charge in [-0.25, -0.2) is 0 Å². The Kier molecular flexibility index (Phi) is 7.25. The third-order valence-electron chi connectivity index (χ3n) is 5.21. The first-order valence-electron chi connectivity index (χ1n) is 9.11. The number of rotatable bonds is 7. The van der Waals surface area contributed by atoms with E-state index in [4.69, 9.17) is 4.74 Å². The van der Waals surface area contributed by atoms with E-state index in [1.54, 1.807) is 7.11 Å². The lowest BCUT2D eigenvalue weighted by Gasteiger charge is -2.34. The second kappa shape index (κ2) is 9.19. The number of carbonyl (C=O) groups excluding carboxylic acids is 1. The van der Waals surface area contributed by atoms with Crippen molar-refractivity contribution in [1.29, 1.82) is 0 Å². The topological polar surface area (TPSA) is 41.6 Å². The third-order valence-corrected chi connectivity index (χ3v) is 5.21. The number of ether oxygens (including phenoxy) is 1. The van der Waals surface area contributed by atoms with Gasteiger partial charge >= 0.3 is 0 Å². The summed E-state index contributed by atoms with van der Waals surface area (Å²) in [6, 6.07) is 10.6. The van der Waals surface area contributed by atoms with Gasteiger partial charge in [-0.05, 0) is 44.3 Å². The first-order valence-corrected chi connectivity index (χ1v) is 9.11. The second-order valence-electron chi connectivity index (χ2n) is 7.25. The van der Waals surface area contributed by atoms with Crippen molar-refractivity contribution in [2.75, 3.05) is 26.7 Å². The Hall–Kier alpha value is -1.39. The van der Waals surface area contributed by atoms with E-state index in [1.807, 2.05) is 18.2 Å². The van der Waals surface area contributed by atoms with Gasteiger partial charge in [0.15, 0.2) is 0 Å². The molecule has 1 fully saturated rings. The number of hydrogen-bond acceptors (Lipinski definition) is 3. The molecule has 4 nitrogen and oxygen atoms in total. The van der Waals surface area contributed by atoms with Crippen LogP contribution in [0.15, 0.2) is 30.3 Å². The van der Waals surface area contributed by atoms with Crippen molar-refractivity contribution in [3.8, 4) is 0 Å². The highest BCUT2D eigenvalue weighted by molar-refractivity contribution is 5.79. The van der Waals surface area contributed by atoms with E-state index in [0.717, 1.165) is 32.5 Å². The summed E-state index contributed by atoms with van der Waals surface area (Å²) in [4.78, 5) is 14.8. The third kappa shape index (κ3) is 5.32. The smallest absolute Gasteiger partial charge is 0.223 e. The molecular formula is C20H32N2O2. The molecule has 0 saturated carbocycles. The summed E-state index contributed by atoms with van der Waals surface area (Å²) < 4.78 is 5.67. The zero-order chi connectivity index (χ0) is 17.5. The number of nitrogens with zero attached hydrogens (tertiary/aromatic N) is 1. The van der Waals surface area contributed by atoms with Gasteiger partial charge in [0, 0.05) is 25.6 Å². The normalized spacial score (nSPS) is 19.2. The second-order valence-corrected chi connectivity index (χ2v) is 7.25. The van der Waals surface area contributed by atoms with Crippen molar-refractivity contribution in [1.82, 2.24) is 10.2 Å². The molecule has 0 spiro atoms. The molecule has 1 heterocycles. The first kappa shape index (κ1) is 18.9. The van der Waals surface area contributed by atoms with Crippen molar-refractivity contribution in [2.45, 2.75) is 45.8 Å². The molecule has 0 aromatic heterocycles. The van der Waals surface area contributed by atoms with Crippen LogP contribution >= 0.6 is 0 Å². The van der Waals surface area contributed by atoms with Gasteiger partial charge in [0.1, 0.15) is 0 Å². The average molecular weight is 332 g/mol. The molecule has 2 rings (SSSR count). The minimum Gasteiger partial charge on any atom is -0.375 e. The molecule has 0 aliphatic carbocycles. The van der Waals surface area contributed by atoms with Crippen LogP contribution in [-0.2, 0) is 9.53 Å². The Morgan fingerprint density at radius 1 is 1.21 bits per heavy atom. The summed E-state index contributed by atoms with van der Waals surface area (Å²) >= 11 is 0. The van der Waals surface area contributed by atoms with Crippen molar-refractivity contribution in [3.05, 3.63) is 35.9 Å². The summed E-state index contributed by atoms with van der Waals surface area (Å²) in [6.07, 6.45) is 1.96. The van der Waals surface area contributed by atoms with Crippen molar-refractivity contribution < 1.29 is 9.53 Å². The number of benzene rings is 1. The van der Waals surface area contributed by atoms with Gasteiger partial charge in [-0.3, -0.25) is 4.79 Å². The maximum Gasteiger partial charge on any atom is 0.223 e. The monoisotopic (exact) mass is 332 g/mol. The van der Waals surface area contributed by atoms with Crippen LogP contribution in [-0.4, -0.2) is 43.6 Å². The van der Waals surface area contributed by atoms with Crippen molar-refractivity contribution in [2.24, 2.45) is 11.8 Å². The van der Waals surface area contributed by atoms with E-state index in [1.165, 1.54) is 5.56 Å². The Morgan fingerprint density at radius 2 is 1.83 bits per heavy atom. The van der Waals surface area contributed by atoms with E-state index in [9.17, 15) is 4.79 Å². The van der Waals surface area contributed by atoms with Crippen LogP contribution in [0, 0.1) is 11.8 Å². The minimum atomic E-state index is 0.0949. The number of likely N-dealkylation sites (tertiary alicyclic amines) is 1. The Balaban J connectivity index is 1.81. The fourth-order valence-electron chi connectivity index (χ4n) is 3.10. The fraction of sp³-hybridized carbons (Fsp3) is 0.650. The number of hydrogen-bond donors (Lipinski definition) is 1. The highest BCUT2D eigenvalue weighted by atomic mass is 16.5. The Bertz CT molecular complexity index is 496. The zero-order valence-electron chi connectivity index (χ0n) is 15.5. The average Bonchev–Trinajstić information content (AvgIpc) is 2.60. The van der Waals surface area contributed by atoms with Gasteiger partial charge in [-0.15, -0.1) is 0 Å². The summed E-state index contributed by atoms with van der Waals surface area (Å²) in [6.45, 7) is 9.17. The highest BCUT2D eigenvalue weighted by Crippen LogP contribution is 2.23. The molecule has 134 valence electrons. The predicted octanol–water partition coefficient (Wildman–Crippen LogP) is 3.25. The molecule has 2 atom stereocenters. The molecule has 1 N–H and O–H groups in total. The van der Waals surface area contributed by atoms with Gasteiger partial charge in [0.25, 0.3) is 0 Å². The molecule has 24 heavy (non-hydrogen) atoms. The first-order chi connectivity index (χ1) is 11.5. The van der Waals surface area contributed by atoms with Gasteiger partial charge in [-0.2, -0.15) is 0 Å². The number of carbonyl (C=O) groups is 1. The summed E-state index contributed by atoms with van der Waals surface area (Å²) in [7, 11) is 1.77. The number of piperidine rings is 1. The lowest BCUT2D eigenvalue weighted by atomic mass is 9.94. The molecular weight excluding hydrogens is 300 g/mol. The molecule has 0 bridgehead atoms. The molecule has 1 saturated heterocycles. The molecule has 1 aliphatic rings. The van der Waals surface area contributed by atoms with Crippen LogP contribution in [0.5, 0.6) is 0 Å². The van der Waals surface area contributed by atoms with E-state index in [0.29, 0.717) is 5.92 Å². The van der Waals surface area contributed by atoms with Crippen LogP contribution in [0.4, 0.5) is 0 Å². The van der Waals surface area contributed by atoms with Crippen LogP contribution < -0.4 is 5.32 Å². The predicted molar refractivity (Wildman–Crippen MR) is 97.8 cm³/mol.